The van der Waals surface area contributed by atoms with Gasteiger partial charge in [-0.15, -0.1) is 0 Å². The molecular formula is C44H38N2. The van der Waals surface area contributed by atoms with Gasteiger partial charge in [0.25, 0.3) is 0 Å². The molecule has 0 fully saturated rings. The lowest BCUT2D eigenvalue weighted by atomic mass is 9.99. The van der Waals surface area contributed by atoms with Crippen molar-refractivity contribution in [3.05, 3.63) is 195 Å². The summed E-state index contributed by atoms with van der Waals surface area (Å²) < 4.78 is 0. The molecule has 0 aliphatic rings. The van der Waals surface area contributed by atoms with Gasteiger partial charge in [-0.2, -0.15) is 0 Å². The highest BCUT2D eigenvalue weighted by Crippen LogP contribution is 2.37. The summed E-state index contributed by atoms with van der Waals surface area (Å²) in [6.45, 7) is 12.4. The summed E-state index contributed by atoms with van der Waals surface area (Å²) in [5, 5.41) is 7.45. The second-order valence-electron chi connectivity index (χ2n) is 11.2. The first-order valence-electron chi connectivity index (χ1n) is 15.6. The molecule has 0 N–H and O–H groups in total. The molecule has 0 aliphatic carbocycles. The first-order valence-corrected chi connectivity index (χ1v) is 15.6. The second-order valence-corrected chi connectivity index (χ2v) is 11.2. The van der Waals surface area contributed by atoms with Crippen LogP contribution in [-0.2, 0) is 0 Å². The monoisotopic (exact) mass is 594 g/mol. The van der Waals surface area contributed by atoms with Gasteiger partial charge in [0.1, 0.15) is 0 Å². The molecule has 224 valence electrons. The number of nitrogens with zero attached hydrogens (tertiary/aromatic N) is 2. The quantitative estimate of drug-likeness (QED) is 0.109. The summed E-state index contributed by atoms with van der Waals surface area (Å²) in [6.07, 6.45) is 13.7. The van der Waals surface area contributed by atoms with Crippen LogP contribution in [0.1, 0.15) is 0 Å². The average Bonchev–Trinajstić information content (AvgIpc) is 3.11. The van der Waals surface area contributed by atoms with Gasteiger partial charge < -0.3 is 9.80 Å². The highest BCUT2D eigenvalue weighted by molar-refractivity contribution is 6.13. The van der Waals surface area contributed by atoms with Gasteiger partial charge in [0.05, 0.1) is 0 Å². The molecule has 0 radical (unpaired) electrons. The zero-order chi connectivity index (χ0) is 31.9. The van der Waals surface area contributed by atoms with Crippen LogP contribution in [0, 0.1) is 0 Å². The molecule has 0 bridgehead atoms. The maximum absolute atomic E-state index is 3.99. The Hall–Kier alpha value is -5.86. The molecule has 0 saturated heterocycles. The number of hydrogen-bond acceptors (Lipinski definition) is 2. The zero-order valence-electron chi connectivity index (χ0n) is 26.3. The van der Waals surface area contributed by atoms with Crippen LogP contribution in [0.4, 0.5) is 22.7 Å². The number of benzene rings is 6. The largest absolute Gasteiger partial charge is 0.344 e. The van der Waals surface area contributed by atoms with Gasteiger partial charge in [0, 0.05) is 41.7 Å². The van der Waals surface area contributed by atoms with Crippen molar-refractivity contribution >= 4 is 55.1 Å². The molecule has 6 aromatic rings. The van der Waals surface area contributed by atoms with Crippen LogP contribution in [0.3, 0.4) is 0 Å². The van der Waals surface area contributed by atoms with Gasteiger partial charge in [-0.05, 0) is 80.5 Å². The first-order chi connectivity index (χ1) is 22.6. The van der Waals surface area contributed by atoms with Crippen molar-refractivity contribution in [3.8, 4) is 0 Å². The molecule has 0 unspecified atom stereocenters. The van der Waals surface area contributed by atoms with E-state index in [1.54, 1.807) is 12.2 Å². The summed E-state index contributed by atoms with van der Waals surface area (Å²) in [5.41, 5.74) is 6.58. The van der Waals surface area contributed by atoms with E-state index in [2.05, 4.69) is 170 Å². The van der Waals surface area contributed by atoms with E-state index in [0.29, 0.717) is 6.54 Å². The maximum atomic E-state index is 3.99. The van der Waals surface area contributed by atoms with E-state index in [9.17, 15) is 0 Å². The molecule has 6 aromatic carbocycles. The smallest absolute Gasteiger partial charge is 0.0494 e. The molecule has 0 heterocycles. The van der Waals surface area contributed by atoms with Crippen molar-refractivity contribution in [1.29, 1.82) is 0 Å². The second kappa shape index (κ2) is 13.8. The Bertz CT molecular complexity index is 2140. The van der Waals surface area contributed by atoms with Crippen molar-refractivity contribution < 1.29 is 0 Å². The third-order valence-electron chi connectivity index (χ3n) is 8.43. The maximum Gasteiger partial charge on any atom is 0.0494 e. The number of anilines is 4. The molecule has 0 spiro atoms. The molecule has 0 atom stereocenters. The molecule has 0 saturated carbocycles. The molecule has 0 aliphatic heterocycles. The summed E-state index contributed by atoms with van der Waals surface area (Å²) in [6, 6.07) is 43.6. The third kappa shape index (κ3) is 6.20. The third-order valence-corrected chi connectivity index (χ3v) is 8.43. The Labute approximate surface area is 272 Å². The van der Waals surface area contributed by atoms with Crippen LogP contribution in [0.25, 0.3) is 32.3 Å². The Balaban J connectivity index is 1.37. The van der Waals surface area contributed by atoms with E-state index < -0.39 is 0 Å². The fraction of sp³-hybridized carbons (Fsp3) is 0.0455. The lowest BCUT2D eigenvalue weighted by Crippen LogP contribution is -2.17. The predicted molar refractivity (Wildman–Crippen MR) is 203 cm³/mol. The Kier molecular flexibility index (Phi) is 9.08. The highest BCUT2D eigenvalue weighted by Gasteiger charge is 2.14. The van der Waals surface area contributed by atoms with Gasteiger partial charge in [0.15, 0.2) is 0 Å². The standard InChI is InChI=1S/C44H38N2/c1-5-15-33(7-3)34(16-6-2)20-14-30-46(40-25-24-35-17-8-9-18-36(35)31-40)39-28-26-38(27-29-39)45(4)44-32-37-19-10-11-21-41(37)42-22-12-13-23-43(42)44/h5-29,31-32H,1-3,30H2,4H3/b20-14-,33-15+,34-16+. The molecule has 0 aromatic heterocycles. The van der Waals surface area contributed by atoms with Crippen LogP contribution >= 0.6 is 0 Å². The Morgan fingerprint density at radius 2 is 1.15 bits per heavy atom. The van der Waals surface area contributed by atoms with Gasteiger partial charge in [-0.3, -0.25) is 0 Å². The van der Waals surface area contributed by atoms with Crippen molar-refractivity contribution in [3.63, 3.8) is 0 Å². The van der Waals surface area contributed by atoms with Crippen molar-refractivity contribution in [2.45, 2.75) is 0 Å². The zero-order valence-corrected chi connectivity index (χ0v) is 26.3. The van der Waals surface area contributed by atoms with E-state index in [-0.39, 0.29) is 0 Å². The number of fused-ring (bicyclic) bond motifs is 4. The number of allylic oxidation sites excluding steroid dienone is 8. The van der Waals surface area contributed by atoms with Gasteiger partial charge >= 0.3 is 0 Å². The Morgan fingerprint density at radius 1 is 0.565 bits per heavy atom. The van der Waals surface area contributed by atoms with Crippen LogP contribution < -0.4 is 9.80 Å². The first kappa shape index (κ1) is 30.2. The van der Waals surface area contributed by atoms with Crippen molar-refractivity contribution in [1.82, 2.24) is 0 Å². The molecule has 2 nitrogen and oxygen atoms in total. The fourth-order valence-corrected chi connectivity index (χ4v) is 6.08. The minimum absolute atomic E-state index is 0.676. The van der Waals surface area contributed by atoms with Crippen LogP contribution in [0.5, 0.6) is 0 Å². The summed E-state index contributed by atoms with van der Waals surface area (Å²) >= 11 is 0. The molecule has 46 heavy (non-hydrogen) atoms. The highest BCUT2D eigenvalue weighted by atomic mass is 15.1. The molecule has 0 amide bonds. The Morgan fingerprint density at radius 3 is 1.87 bits per heavy atom. The number of hydrogen-bond donors (Lipinski definition) is 0. The minimum Gasteiger partial charge on any atom is -0.344 e. The molecule has 2 heteroatoms. The van der Waals surface area contributed by atoms with Crippen LogP contribution in [0.2, 0.25) is 0 Å². The fourth-order valence-electron chi connectivity index (χ4n) is 6.08. The van der Waals surface area contributed by atoms with Gasteiger partial charge in [-0.1, -0.05) is 141 Å². The predicted octanol–water partition coefficient (Wildman–Crippen LogP) is 12.0. The minimum atomic E-state index is 0.676. The van der Waals surface area contributed by atoms with Crippen molar-refractivity contribution in [2.24, 2.45) is 0 Å². The van der Waals surface area contributed by atoms with E-state index in [1.807, 2.05) is 18.2 Å². The molecular weight excluding hydrogens is 556 g/mol. The summed E-state index contributed by atoms with van der Waals surface area (Å²) in [7, 11) is 2.15. The SMILES string of the molecule is C=C/C=C(C=C)/C(/C=C\CN(c1ccc(N(C)c2cc3ccccc3c3ccccc23)cc1)c1ccc2ccccc2c1)=C/C=C. The van der Waals surface area contributed by atoms with E-state index in [4.69, 9.17) is 0 Å². The van der Waals surface area contributed by atoms with Crippen LogP contribution in [0.15, 0.2) is 195 Å². The van der Waals surface area contributed by atoms with E-state index in [1.165, 1.54) is 38.0 Å². The lowest BCUT2D eigenvalue weighted by Gasteiger charge is -2.26. The topological polar surface area (TPSA) is 6.48 Å². The summed E-state index contributed by atoms with van der Waals surface area (Å²) in [5.74, 6) is 0. The normalized spacial score (nSPS) is 12.1. The van der Waals surface area contributed by atoms with Gasteiger partial charge in [-0.25, -0.2) is 0 Å². The average molecular weight is 595 g/mol. The van der Waals surface area contributed by atoms with Crippen LogP contribution in [-0.4, -0.2) is 13.6 Å². The lowest BCUT2D eigenvalue weighted by molar-refractivity contribution is 1.09. The van der Waals surface area contributed by atoms with E-state index in [0.717, 1.165) is 28.2 Å². The molecule has 6 rings (SSSR count). The summed E-state index contributed by atoms with van der Waals surface area (Å²) in [4.78, 5) is 4.63. The van der Waals surface area contributed by atoms with E-state index >= 15 is 0 Å². The van der Waals surface area contributed by atoms with Crippen molar-refractivity contribution in [2.75, 3.05) is 23.4 Å². The number of rotatable bonds is 11. The van der Waals surface area contributed by atoms with Gasteiger partial charge in [0.2, 0.25) is 0 Å².